The van der Waals surface area contributed by atoms with Crippen molar-refractivity contribution in [1.82, 2.24) is 5.32 Å². The van der Waals surface area contributed by atoms with Crippen molar-refractivity contribution in [2.45, 2.75) is 19.9 Å². The largest absolute Gasteiger partial charge is 0.493 e. The van der Waals surface area contributed by atoms with Crippen molar-refractivity contribution in [3.05, 3.63) is 64.1 Å². The predicted octanol–water partition coefficient (Wildman–Crippen LogP) is 4.55. The van der Waals surface area contributed by atoms with E-state index in [1.54, 1.807) is 0 Å². The Morgan fingerprint density at radius 3 is 2.40 bits per heavy atom. The lowest BCUT2D eigenvalue weighted by Crippen LogP contribution is -2.21. The molecule has 0 saturated heterocycles. The van der Waals surface area contributed by atoms with Crippen LogP contribution in [0.1, 0.15) is 31.0 Å². The van der Waals surface area contributed by atoms with Crippen LogP contribution < -0.4 is 10.1 Å². The molecule has 0 aliphatic carbocycles. The minimum absolute atomic E-state index is 0.202. The number of ether oxygens (including phenoxy) is 1. The molecule has 0 fully saturated rings. The average molecular weight is 334 g/mol. The second kappa shape index (κ2) is 7.46. The van der Waals surface area contributed by atoms with Gasteiger partial charge in [0.05, 0.1) is 17.1 Å². The monoisotopic (exact) mass is 333 g/mol. The molecule has 2 aromatic carbocycles. The van der Waals surface area contributed by atoms with Gasteiger partial charge in [-0.2, -0.15) is 0 Å². The fourth-order valence-electron chi connectivity index (χ4n) is 2.25. The molecule has 20 heavy (non-hydrogen) atoms. The number of hydrogen-bond acceptors (Lipinski definition) is 2. The number of benzene rings is 2. The number of nitrogens with one attached hydrogen (secondary N) is 1. The van der Waals surface area contributed by atoms with Gasteiger partial charge in [0.15, 0.2) is 0 Å². The van der Waals surface area contributed by atoms with Crippen molar-refractivity contribution in [3.8, 4) is 5.75 Å². The van der Waals surface area contributed by atoms with Crippen LogP contribution in [-0.2, 0) is 0 Å². The topological polar surface area (TPSA) is 21.3 Å². The Hall–Kier alpha value is -1.32. The molecule has 0 heterocycles. The maximum Gasteiger partial charge on any atom is 0.133 e. The zero-order chi connectivity index (χ0) is 14.4. The van der Waals surface area contributed by atoms with Crippen LogP contribution in [0.5, 0.6) is 5.75 Å². The van der Waals surface area contributed by atoms with Crippen LogP contribution in [0.25, 0.3) is 0 Å². The molecule has 1 atom stereocenters. The second-order valence-corrected chi connectivity index (χ2v) is 5.38. The first kappa shape index (κ1) is 15.1. The first-order valence-corrected chi connectivity index (χ1v) is 7.76. The molecule has 0 spiro atoms. The molecular weight excluding hydrogens is 314 g/mol. The Kier molecular flexibility index (Phi) is 5.62. The molecule has 2 aromatic rings. The maximum atomic E-state index is 5.57. The molecule has 0 aliphatic rings. The molecule has 0 bridgehead atoms. The van der Waals surface area contributed by atoms with Crippen LogP contribution in [0.4, 0.5) is 0 Å². The zero-order valence-corrected chi connectivity index (χ0v) is 13.5. The van der Waals surface area contributed by atoms with Gasteiger partial charge in [0.2, 0.25) is 0 Å². The van der Waals surface area contributed by atoms with E-state index >= 15 is 0 Å². The van der Waals surface area contributed by atoms with E-state index in [2.05, 4.69) is 64.6 Å². The molecule has 3 heteroatoms. The van der Waals surface area contributed by atoms with Crippen LogP contribution in [0.2, 0.25) is 0 Å². The van der Waals surface area contributed by atoms with Gasteiger partial charge in [-0.15, -0.1) is 0 Å². The van der Waals surface area contributed by atoms with Gasteiger partial charge in [-0.3, -0.25) is 0 Å². The first-order chi connectivity index (χ1) is 9.76. The van der Waals surface area contributed by atoms with E-state index in [0.717, 1.165) is 16.8 Å². The van der Waals surface area contributed by atoms with E-state index < -0.39 is 0 Å². The van der Waals surface area contributed by atoms with E-state index in [1.165, 1.54) is 11.1 Å². The van der Waals surface area contributed by atoms with Gasteiger partial charge in [-0.05, 0) is 52.7 Å². The smallest absolute Gasteiger partial charge is 0.133 e. The Bertz CT molecular complexity index is 542. The lowest BCUT2D eigenvalue weighted by Gasteiger charge is -2.20. The molecule has 0 aromatic heterocycles. The van der Waals surface area contributed by atoms with Crippen molar-refractivity contribution in [2.75, 3.05) is 13.2 Å². The zero-order valence-electron chi connectivity index (χ0n) is 11.9. The van der Waals surface area contributed by atoms with Crippen LogP contribution in [0, 0.1) is 0 Å². The summed E-state index contributed by atoms with van der Waals surface area (Å²) >= 11 is 3.59. The van der Waals surface area contributed by atoms with Gasteiger partial charge in [0, 0.05) is 0 Å². The summed E-state index contributed by atoms with van der Waals surface area (Å²) in [5.41, 5.74) is 2.50. The van der Waals surface area contributed by atoms with Crippen LogP contribution >= 0.6 is 15.9 Å². The molecule has 106 valence electrons. The summed E-state index contributed by atoms with van der Waals surface area (Å²) in [6.45, 7) is 5.71. The highest BCUT2D eigenvalue weighted by atomic mass is 79.9. The minimum Gasteiger partial charge on any atom is -0.493 e. The fraction of sp³-hybridized carbons (Fsp3) is 0.294. The summed E-state index contributed by atoms with van der Waals surface area (Å²) in [6, 6.07) is 17.0. The summed E-state index contributed by atoms with van der Waals surface area (Å²) in [6.07, 6.45) is 0. The Balaban J connectivity index is 2.33. The van der Waals surface area contributed by atoms with E-state index in [-0.39, 0.29) is 6.04 Å². The average Bonchev–Trinajstić information content (AvgIpc) is 2.48. The van der Waals surface area contributed by atoms with Crippen molar-refractivity contribution in [2.24, 2.45) is 0 Å². The third-order valence-electron chi connectivity index (χ3n) is 3.13. The van der Waals surface area contributed by atoms with E-state index in [4.69, 9.17) is 4.74 Å². The van der Waals surface area contributed by atoms with Gasteiger partial charge in [-0.1, -0.05) is 43.3 Å². The summed E-state index contributed by atoms with van der Waals surface area (Å²) in [5, 5.41) is 3.53. The predicted molar refractivity (Wildman–Crippen MR) is 87.3 cm³/mol. The maximum absolute atomic E-state index is 5.57. The molecule has 0 aliphatic heterocycles. The van der Waals surface area contributed by atoms with Gasteiger partial charge >= 0.3 is 0 Å². The molecular formula is C17H20BrNO. The second-order valence-electron chi connectivity index (χ2n) is 4.52. The Morgan fingerprint density at radius 1 is 1.05 bits per heavy atom. The van der Waals surface area contributed by atoms with Gasteiger partial charge in [0.1, 0.15) is 5.75 Å². The lowest BCUT2D eigenvalue weighted by molar-refractivity contribution is 0.338. The highest BCUT2D eigenvalue weighted by Gasteiger charge is 2.14. The third kappa shape index (κ3) is 3.62. The molecule has 1 N–H and O–H groups in total. The highest BCUT2D eigenvalue weighted by Crippen LogP contribution is 2.30. The summed E-state index contributed by atoms with van der Waals surface area (Å²) in [5.74, 6) is 0.888. The van der Waals surface area contributed by atoms with Crippen molar-refractivity contribution < 1.29 is 4.74 Å². The standard InChI is InChI=1S/C17H20BrNO/c1-3-19-17(13-8-6-5-7-9-13)14-10-11-16(20-4-2)15(18)12-14/h5-12,17,19H,3-4H2,1-2H3. The van der Waals surface area contributed by atoms with E-state index in [1.807, 2.05) is 19.1 Å². The normalized spacial score (nSPS) is 12.2. The molecule has 0 radical (unpaired) electrons. The van der Waals surface area contributed by atoms with E-state index in [9.17, 15) is 0 Å². The lowest BCUT2D eigenvalue weighted by atomic mass is 9.98. The van der Waals surface area contributed by atoms with Crippen LogP contribution in [0.15, 0.2) is 53.0 Å². The molecule has 0 saturated carbocycles. The minimum atomic E-state index is 0.202. The Morgan fingerprint density at radius 2 is 1.80 bits per heavy atom. The molecule has 2 nitrogen and oxygen atoms in total. The quantitative estimate of drug-likeness (QED) is 0.837. The van der Waals surface area contributed by atoms with Crippen LogP contribution in [-0.4, -0.2) is 13.2 Å². The number of hydrogen-bond donors (Lipinski definition) is 1. The molecule has 0 amide bonds. The van der Waals surface area contributed by atoms with Crippen molar-refractivity contribution in [1.29, 1.82) is 0 Å². The van der Waals surface area contributed by atoms with Gasteiger partial charge in [0.25, 0.3) is 0 Å². The molecule has 2 rings (SSSR count). The SMILES string of the molecule is CCNC(c1ccccc1)c1ccc(OCC)c(Br)c1. The third-order valence-corrected chi connectivity index (χ3v) is 3.75. The van der Waals surface area contributed by atoms with Crippen molar-refractivity contribution >= 4 is 15.9 Å². The summed E-state index contributed by atoms with van der Waals surface area (Å²) < 4.78 is 6.57. The van der Waals surface area contributed by atoms with Crippen molar-refractivity contribution in [3.63, 3.8) is 0 Å². The fourth-order valence-corrected chi connectivity index (χ4v) is 2.76. The first-order valence-electron chi connectivity index (χ1n) is 6.96. The molecule has 1 unspecified atom stereocenters. The number of rotatable bonds is 6. The number of halogens is 1. The Labute approximate surface area is 129 Å². The summed E-state index contributed by atoms with van der Waals surface area (Å²) in [4.78, 5) is 0. The van der Waals surface area contributed by atoms with Gasteiger partial charge in [-0.25, -0.2) is 0 Å². The van der Waals surface area contributed by atoms with E-state index in [0.29, 0.717) is 6.61 Å². The summed E-state index contributed by atoms with van der Waals surface area (Å²) in [7, 11) is 0. The van der Waals surface area contributed by atoms with Gasteiger partial charge < -0.3 is 10.1 Å². The van der Waals surface area contributed by atoms with Crippen LogP contribution in [0.3, 0.4) is 0 Å². The highest BCUT2D eigenvalue weighted by molar-refractivity contribution is 9.10.